The average molecular weight is 166 g/mol. The van der Waals surface area contributed by atoms with Gasteiger partial charge in [0.25, 0.3) is 0 Å². The molecule has 0 unspecified atom stereocenters. The van der Waals surface area contributed by atoms with E-state index in [0.717, 1.165) is 12.8 Å². The number of nitrogens with zero attached hydrogens (tertiary/aromatic N) is 2. The van der Waals surface area contributed by atoms with Gasteiger partial charge in [0.15, 0.2) is 0 Å². The fraction of sp³-hybridized carbons (Fsp3) is 0.750. The van der Waals surface area contributed by atoms with Gasteiger partial charge >= 0.3 is 0 Å². The molecule has 0 aromatic carbocycles. The summed E-state index contributed by atoms with van der Waals surface area (Å²) in [4.78, 5) is 26.6. The SMILES string of the molecule is O=C=N[C@H]1CC(=O)N(C2CC2)C1. The summed E-state index contributed by atoms with van der Waals surface area (Å²) in [5.74, 6) is 0.140. The van der Waals surface area contributed by atoms with Gasteiger partial charge in [0.2, 0.25) is 12.0 Å². The average Bonchev–Trinajstić information content (AvgIpc) is 2.79. The Labute approximate surface area is 70.3 Å². The predicted octanol–water partition coefficient (Wildman–Crippen LogP) is 0.0855. The Hall–Kier alpha value is -1.15. The van der Waals surface area contributed by atoms with Crippen LogP contribution in [0, 0.1) is 0 Å². The first kappa shape index (κ1) is 7.50. The maximum atomic E-state index is 11.3. The maximum absolute atomic E-state index is 11.3. The number of hydrogen-bond donors (Lipinski definition) is 0. The molecule has 1 saturated heterocycles. The minimum absolute atomic E-state index is 0.129. The van der Waals surface area contributed by atoms with E-state index in [0.29, 0.717) is 19.0 Å². The Balaban J connectivity index is 2.01. The summed E-state index contributed by atoms with van der Waals surface area (Å²) < 4.78 is 0. The van der Waals surface area contributed by atoms with Gasteiger partial charge in [0, 0.05) is 12.6 Å². The third-order valence-electron chi connectivity index (χ3n) is 2.36. The van der Waals surface area contributed by atoms with Gasteiger partial charge in [-0.1, -0.05) is 0 Å². The summed E-state index contributed by atoms with van der Waals surface area (Å²) in [5, 5.41) is 0. The Morgan fingerprint density at radius 1 is 1.50 bits per heavy atom. The lowest BCUT2D eigenvalue weighted by atomic mass is 10.3. The monoisotopic (exact) mass is 166 g/mol. The van der Waals surface area contributed by atoms with Crippen molar-refractivity contribution in [3.8, 4) is 0 Å². The Morgan fingerprint density at radius 3 is 2.83 bits per heavy atom. The smallest absolute Gasteiger partial charge is 0.235 e. The summed E-state index contributed by atoms with van der Waals surface area (Å²) in [6, 6.07) is 0.319. The van der Waals surface area contributed by atoms with E-state index >= 15 is 0 Å². The second kappa shape index (κ2) is 2.72. The van der Waals surface area contributed by atoms with Crippen LogP contribution in [0.5, 0.6) is 0 Å². The topological polar surface area (TPSA) is 49.7 Å². The molecule has 0 spiro atoms. The van der Waals surface area contributed by atoms with E-state index in [9.17, 15) is 9.59 Å². The first-order chi connectivity index (χ1) is 5.81. The van der Waals surface area contributed by atoms with Crippen molar-refractivity contribution in [1.29, 1.82) is 0 Å². The molecule has 1 heterocycles. The van der Waals surface area contributed by atoms with E-state index in [-0.39, 0.29) is 11.9 Å². The molecule has 1 saturated carbocycles. The molecule has 2 rings (SSSR count). The molecular formula is C8H10N2O2. The van der Waals surface area contributed by atoms with Gasteiger partial charge in [-0.2, -0.15) is 0 Å². The second-order valence-electron chi connectivity index (χ2n) is 3.36. The standard InChI is InChI=1S/C8H10N2O2/c11-5-9-6-3-8(12)10(4-6)7-1-2-7/h6-7H,1-4H2/t6-/m0/s1. The van der Waals surface area contributed by atoms with Crippen LogP contribution in [0.2, 0.25) is 0 Å². The van der Waals surface area contributed by atoms with E-state index < -0.39 is 0 Å². The molecule has 2 fully saturated rings. The zero-order valence-corrected chi connectivity index (χ0v) is 6.69. The normalized spacial score (nSPS) is 28.8. The fourth-order valence-electron chi connectivity index (χ4n) is 1.61. The molecule has 1 aliphatic carbocycles. The molecule has 2 aliphatic rings. The van der Waals surface area contributed by atoms with Crippen molar-refractivity contribution >= 4 is 12.0 Å². The number of amides is 1. The van der Waals surface area contributed by atoms with Crippen molar-refractivity contribution in [2.45, 2.75) is 31.3 Å². The van der Waals surface area contributed by atoms with Gasteiger partial charge in [0.1, 0.15) is 0 Å². The minimum atomic E-state index is -0.129. The minimum Gasteiger partial charge on any atom is -0.337 e. The number of hydrogen-bond acceptors (Lipinski definition) is 3. The quantitative estimate of drug-likeness (QED) is 0.431. The fourth-order valence-corrected chi connectivity index (χ4v) is 1.61. The number of rotatable bonds is 2. The molecule has 0 N–H and O–H groups in total. The van der Waals surface area contributed by atoms with E-state index in [1.165, 1.54) is 6.08 Å². The Kier molecular flexibility index (Phi) is 1.70. The van der Waals surface area contributed by atoms with Crippen LogP contribution in [-0.2, 0) is 9.59 Å². The van der Waals surface area contributed by atoms with Crippen molar-refractivity contribution in [3.63, 3.8) is 0 Å². The molecule has 64 valence electrons. The van der Waals surface area contributed by atoms with Gasteiger partial charge in [-0.25, -0.2) is 9.79 Å². The van der Waals surface area contributed by atoms with Gasteiger partial charge in [0.05, 0.1) is 12.5 Å². The summed E-state index contributed by atoms with van der Waals surface area (Å²) in [5.41, 5.74) is 0. The molecule has 1 aliphatic heterocycles. The van der Waals surface area contributed by atoms with Gasteiger partial charge in [-0.15, -0.1) is 0 Å². The van der Waals surface area contributed by atoms with Crippen LogP contribution in [0.15, 0.2) is 4.99 Å². The molecule has 0 aromatic heterocycles. The molecule has 12 heavy (non-hydrogen) atoms. The second-order valence-corrected chi connectivity index (χ2v) is 3.36. The Bertz CT molecular complexity index is 254. The van der Waals surface area contributed by atoms with Crippen LogP contribution in [0.25, 0.3) is 0 Å². The van der Waals surface area contributed by atoms with Crippen LogP contribution < -0.4 is 0 Å². The highest BCUT2D eigenvalue weighted by molar-refractivity contribution is 5.80. The lowest BCUT2D eigenvalue weighted by Gasteiger charge is -2.13. The molecular weight excluding hydrogens is 156 g/mol. The van der Waals surface area contributed by atoms with Crippen LogP contribution in [0.3, 0.4) is 0 Å². The largest absolute Gasteiger partial charge is 0.337 e. The highest BCUT2D eigenvalue weighted by Crippen LogP contribution is 2.31. The van der Waals surface area contributed by atoms with Crippen LogP contribution in [-0.4, -0.2) is 35.5 Å². The van der Waals surface area contributed by atoms with E-state index in [2.05, 4.69) is 4.99 Å². The van der Waals surface area contributed by atoms with Gasteiger partial charge < -0.3 is 4.90 Å². The summed E-state index contributed by atoms with van der Waals surface area (Å²) >= 11 is 0. The third-order valence-corrected chi connectivity index (χ3v) is 2.36. The van der Waals surface area contributed by atoms with Crippen LogP contribution in [0.4, 0.5) is 0 Å². The molecule has 1 amide bonds. The summed E-state index contributed by atoms with van der Waals surface area (Å²) in [6.45, 7) is 0.624. The van der Waals surface area contributed by atoms with E-state index in [1.807, 2.05) is 4.90 Å². The third kappa shape index (κ3) is 1.25. The van der Waals surface area contributed by atoms with Crippen molar-refractivity contribution < 1.29 is 9.59 Å². The Morgan fingerprint density at radius 2 is 2.25 bits per heavy atom. The molecule has 0 bridgehead atoms. The number of likely N-dealkylation sites (tertiary alicyclic amines) is 1. The molecule has 4 nitrogen and oxygen atoms in total. The molecule has 0 radical (unpaired) electrons. The lowest BCUT2D eigenvalue weighted by molar-refractivity contribution is -0.128. The van der Waals surface area contributed by atoms with E-state index in [4.69, 9.17) is 0 Å². The van der Waals surface area contributed by atoms with Crippen molar-refractivity contribution in [2.24, 2.45) is 4.99 Å². The van der Waals surface area contributed by atoms with Crippen molar-refractivity contribution in [2.75, 3.05) is 6.54 Å². The van der Waals surface area contributed by atoms with Gasteiger partial charge in [-0.05, 0) is 12.8 Å². The predicted molar refractivity (Wildman–Crippen MR) is 41.3 cm³/mol. The van der Waals surface area contributed by atoms with Crippen molar-refractivity contribution in [3.05, 3.63) is 0 Å². The molecule has 1 atom stereocenters. The molecule has 4 heteroatoms. The van der Waals surface area contributed by atoms with E-state index in [1.54, 1.807) is 0 Å². The highest BCUT2D eigenvalue weighted by Gasteiger charge is 2.39. The highest BCUT2D eigenvalue weighted by atomic mass is 16.2. The summed E-state index contributed by atoms with van der Waals surface area (Å²) in [6.07, 6.45) is 4.13. The maximum Gasteiger partial charge on any atom is 0.235 e. The van der Waals surface area contributed by atoms with Gasteiger partial charge in [-0.3, -0.25) is 4.79 Å². The first-order valence-corrected chi connectivity index (χ1v) is 4.17. The van der Waals surface area contributed by atoms with Crippen LogP contribution >= 0.6 is 0 Å². The number of carbonyl (C=O) groups is 1. The zero-order chi connectivity index (χ0) is 8.55. The van der Waals surface area contributed by atoms with Crippen molar-refractivity contribution in [1.82, 2.24) is 4.90 Å². The first-order valence-electron chi connectivity index (χ1n) is 4.17. The number of isocyanates is 1. The molecule has 0 aromatic rings. The number of carbonyl (C=O) groups excluding carboxylic acids is 2. The zero-order valence-electron chi connectivity index (χ0n) is 6.69. The van der Waals surface area contributed by atoms with Crippen LogP contribution in [0.1, 0.15) is 19.3 Å². The summed E-state index contributed by atoms with van der Waals surface area (Å²) in [7, 11) is 0. The lowest BCUT2D eigenvalue weighted by Crippen LogP contribution is -2.27. The number of aliphatic imine (C=N–C) groups is 1.